The fourth-order valence-corrected chi connectivity index (χ4v) is 2.57. The molecule has 0 radical (unpaired) electrons. The maximum Gasteiger partial charge on any atom is 0.287 e. The van der Waals surface area contributed by atoms with Gasteiger partial charge < -0.3 is 9.73 Å². The quantitative estimate of drug-likeness (QED) is 0.806. The molecule has 0 fully saturated rings. The van der Waals surface area contributed by atoms with Crippen molar-refractivity contribution >= 4 is 17.0 Å². The lowest BCUT2D eigenvalue weighted by Gasteiger charge is -2.30. The van der Waals surface area contributed by atoms with Gasteiger partial charge in [0.2, 0.25) is 0 Å². The lowest BCUT2D eigenvalue weighted by molar-refractivity contribution is 0.0875. The van der Waals surface area contributed by atoms with Gasteiger partial charge in [-0.05, 0) is 17.5 Å². The molecule has 6 nitrogen and oxygen atoms in total. The van der Waals surface area contributed by atoms with Crippen LogP contribution < -0.4 is 5.32 Å². The Labute approximate surface area is 134 Å². The molecule has 1 unspecified atom stereocenters. The Morgan fingerprint density at radius 2 is 2.17 bits per heavy atom. The number of aryl methyl sites for hydroxylation is 1. The Morgan fingerprint density at radius 1 is 1.39 bits per heavy atom. The molecule has 0 aliphatic carbocycles. The van der Waals surface area contributed by atoms with Crippen molar-refractivity contribution < 1.29 is 9.21 Å². The molecule has 120 valence electrons. The molecule has 3 heterocycles. The average Bonchev–Trinajstić information content (AvgIpc) is 3.09. The van der Waals surface area contributed by atoms with Gasteiger partial charge >= 0.3 is 0 Å². The zero-order valence-corrected chi connectivity index (χ0v) is 13.7. The van der Waals surface area contributed by atoms with Gasteiger partial charge in [0.05, 0.1) is 12.2 Å². The number of furan rings is 1. The van der Waals surface area contributed by atoms with E-state index in [1.807, 2.05) is 13.2 Å². The molecule has 0 spiro atoms. The molecule has 6 heteroatoms. The maximum absolute atomic E-state index is 12.6. The maximum atomic E-state index is 12.6. The molecule has 23 heavy (non-hydrogen) atoms. The summed E-state index contributed by atoms with van der Waals surface area (Å²) >= 11 is 0. The Kier molecular flexibility index (Phi) is 3.67. The van der Waals surface area contributed by atoms with Crippen LogP contribution >= 0.6 is 0 Å². The number of amides is 1. The number of rotatable bonds is 3. The Morgan fingerprint density at radius 3 is 2.78 bits per heavy atom. The van der Waals surface area contributed by atoms with Gasteiger partial charge in [-0.3, -0.25) is 14.5 Å². The van der Waals surface area contributed by atoms with Crippen molar-refractivity contribution in [2.45, 2.75) is 26.8 Å². The number of hydrogen-bond acceptors (Lipinski definition) is 4. The zero-order chi connectivity index (χ0) is 16.6. The summed E-state index contributed by atoms with van der Waals surface area (Å²) in [7, 11) is 1.86. The van der Waals surface area contributed by atoms with Gasteiger partial charge in [-0.1, -0.05) is 20.8 Å². The van der Waals surface area contributed by atoms with Crippen molar-refractivity contribution in [2.24, 2.45) is 12.5 Å². The van der Waals surface area contributed by atoms with Crippen LogP contribution in [0.4, 0.5) is 0 Å². The molecule has 1 amide bonds. The van der Waals surface area contributed by atoms with Crippen LogP contribution in [0.1, 0.15) is 42.9 Å². The highest BCUT2D eigenvalue weighted by atomic mass is 16.3. The molecule has 0 aliphatic rings. The molecule has 0 saturated carbocycles. The van der Waals surface area contributed by atoms with E-state index in [4.69, 9.17) is 4.42 Å². The summed E-state index contributed by atoms with van der Waals surface area (Å²) in [5, 5.41) is 7.25. The first-order valence-corrected chi connectivity index (χ1v) is 7.48. The van der Waals surface area contributed by atoms with Gasteiger partial charge in [-0.2, -0.15) is 5.10 Å². The fourth-order valence-electron chi connectivity index (χ4n) is 2.57. The minimum atomic E-state index is -0.258. The second-order valence-electron chi connectivity index (χ2n) is 6.72. The molecular weight excluding hydrogens is 292 g/mol. The predicted octanol–water partition coefficient (Wildman–Crippen LogP) is 3.08. The summed E-state index contributed by atoms with van der Waals surface area (Å²) in [6.07, 6.45) is 5.36. The summed E-state index contributed by atoms with van der Waals surface area (Å²) < 4.78 is 7.32. The van der Waals surface area contributed by atoms with E-state index < -0.39 is 0 Å². The van der Waals surface area contributed by atoms with Gasteiger partial charge in [-0.25, -0.2) is 0 Å². The van der Waals surface area contributed by atoms with Crippen molar-refractivity contribution in [2.75, 3.05) is 0 Å². The standard InChI is InChI=1S/C17H20N4O2/c1-17(2,3)15(11-9-19-21(4)10-11)20-16(22)14-8-12-13(23-14)6-5-7-18-12/h5-10,15H,1-4H3,(H,20,22). The van der Waals surface area contributed by atoms with E-state index in [-0.39, 0.29) is 23.1 Å². The van der Waals surface area contributed by atoms with Crippen LogP contribution in [-0.2, 0) is 7.05 Å². The van der Waals surface area contributed by atoms with Crippen LogP contribution in [0.15, 0.2) is 41.2 Å². The van der Waals surface area contributed by atoms with Crippen molar-refractivity contribution in [3.63, 3.8) is 0 Å². The molecule has 0 aromatic carbocycles. The third kappa shape index (κ3) is 3.11. The monoisotopic (exact) mass is 312 g/mol. The molecule has 3 aromatic heterocycles. The first-order chi connectivity index (χ1) is 10.8. The molecule has 3 aromatic rings. The van der Waals surface area contributed by atoms with Gasteiger partial charge in [0.15, 0.2) is 11.3 Å². The highest BCUT2D eigenvalue weighted by molar-refractivity contribution is 5.95. The predicted molar refractivity (Wildman–Crippen MR) is 86.9 cm³/mol. The van der Waals surface area contributed by atoms with Crippen LogP contribution in [0.2, 0.25) is 0 Å². The number of aromatic nitrogens is 3. The number of pyridine rings is 1. The zero-order valence-electron chi connectivity index (χ0n) is 13.7. The second kappa shape index (κ2) is 5.53. The van der Waals surface area contributed by atoms with Gasteiger partial charge in [0.1, 0.15) is 5.52 Å². The Balaban J connectivity index is 1.88. The van der Waals surface area contributed by atoms with Crippen LogP contribution in [-0.4, -0.2) is 20.7 Å². The SMILES string of the molecule is Cn1cc(C(NC(=O)c2cc3ncccc3o2)C(C)(C)C)cn1. The largest absolute Gasteiger partial charge is 0.449 e. The summed E-state index contributed by atoms with van der Waals surface area (Å²) in [5.41, 5.74) is 2.07. The number of hydrogen-bond donors (Lipinski definition) is 1. The van der Waals surface area contributed by atoms with E-state index in [1.54, 1.807) is 35.3 Å². The first kappa shape index (κ1) is 15.3. The van der Waals surface area contributed by atoms with Gasteiger partial charge in [-0.15, -0.1) is 0 Å². The highest BCUT2D eigenvalue weighted by Gasteiger charge is 2.30. The highest BCUT2D eigenvalue weighted by Crippen LogP contribution is 2.33. The van der Waals surface area contributed by atoms with Crippen molar-refractivity contribution in [1.82, 2.24) is 20.1 Å². The van der Waals surface area contributed by atoms with Crippen LogP contribution in [0.5, 0.6) is 0 Å². The van der Waals surface area contributed by atoms with E-state index in [0.717, 1.165) is 5.56 Å². The van der Waals surface area contributed by atoms with Crippen molar-refractivity contribution in [3.8, 4) is 0 Å². The molecule has 0 bridgehead atoms. The molecule has 1 atom stereocenters. The van der Waals surface area contributed by atoms with E-state index in [0.29, 0.717) is 11.1 Å². The molecule has 3 rings (SSSR count). The molecular formula is C17H20N4O2. The Hall–Kier alpha value is -2.63. The van der Waals surface area contributed by atoms with E-state index in [9.17, 15) is 4.79 Å². The van der Waals surface area contributed by atoms with E-state index in [2.05, 4.69) is 36.2 Å². The summed E-state index contributed by atoms with van der Waals surface area (Å²) in [6, 6.07) is 5.06. The number of carbonyl (C=O) groups is 1. The van der Waals surface area contributed by atoms with E-state index >= 15 is 0 Å². The average molecular weight is 312 g/mol. The number of nitrogens with zero attached hydrogens (tertiary/aromatic N) is 3. The number of nitrogens with one attached hydrogen (secondary N) is 1. The topological polar surface area (TPSA) is 73.0 Å². The Bertz CT molecular complexity index is 809. The normalized spacial score (nSPS) is 13.2. The number of fused-ring (bicyclic) bond motifs is 1. The van der Waals surface area contributed by atoms with Crippen molar-refractivity contribution in [1.29, 1.82) is 0 Å². The first-order valence-electron chi connectivity index (χ1n) is 7.48. The smallest absolute Gasteiger partial charge is 0.287 e. The third-order valence-electron chi connectivity index (χ3n) is 3.71. The van der Waals surface area contributed by atoms with E-state index in [1.165, 1.54) is 0 Å². The number of carbonyl (C=O) groups excluding carboxylic acids is 1. The van der Waals surface area contributed by atoms with Crippen LogP contribution in [0, 0.1) is 5.41 Å². The van der Waals surface area contributed by atoms with Crippen LogP contribution in [0.25, 0.3) is 11.1 Å². The summed E-state index contributed by atoms with van der Waals surface area (Å²) in [6.45, 7) is 6.22. The second-order valence-corrected chi connectivity index (χ2v) is 6.72. The minimum Gasteiger partial charge on any atom is -0.449 e. The molecule has 0 aliphatic heterocycles. The fraction of sp³-hybridized carbons (Fsp3) is 0.353. The third-order valence-corrected chi connectivity index (χ3v) is 3.71. The van der Waals surface area contributed by atoms with Crippen LogP contribution in [0.3, 0.4) is 0 Å². The molecule has 0 saturated heterocycles. The van der Waals surface area contributed by atoms with Gasteiger partial charge in [0.25, 0.3) is 5.91 Å². The van der Waals surface area contributed by atoms with Gasteiger partial charge in [0, 0.05) is 31.1 Å². The summed E-state index contributed by atoms with van der Waals surface area (Å²) in [4.78, 5) is 16.8. The lowest BCUT2D eigenvalue weighted by Crippen LogP contribution is -2.36. The lowest BCUT2D eigenvalue weighted by atomic mass is 9.83. The van der Waals surface area contributed by atoms with Crippen molar-refractivity contribution in [3.05, 3.63) is 48.1 Å². The molecule has 1 N–H and O–H groups in total. The summed E-state index contributed by atoms with van der Waals surface area (Å²) in [5.74, 6) is 0.00335. The minimum absolute atomic E-state index is 0.164.